The predicted octanol–water partition coefficient (Wildman–Crippen LogP) is 0.429. The van der Waals surface area contributed by atoms with Crippen molar-refractivity contribution in [2.75, 3.05) is 32.7 Å². The Kier molecular flexibility index (Phi) is 5.77. The first-order valence-electron chi connectivity index (χ1n) is 6.33. The molecule has 0 aliphatic carbocycles. The van der Waals surface area contributed by atoms with Crippen LogP contribution in [0.5, 0.6) is 0 Å². The third-order valence-corrected chi connectivity index (χ3v) is 3.19. The molecule has 2 unspecified atom stereocenters. The van der Waals surface area contributed by atoms with Crippen LogP contribution >= 0.6 is 0 Å². The first-order chi connectivity index (χ1) is 7.63. The van der Waals surface area contributed by atoms with Gasteiger partial charge in [0.05, 0.1) is 0 Å². The molecule has 94 valence electrons. The van der Waals surface area contributed by atoms with E-state index in [1.165, 1.54) is 25.9 Å². The summed E-state index contributed by atoms with van der Waals surface area (Å²) >= 11 is 0. The van der Waals surface area contributed by atoms with Crippen molar-refractivity contribution >= 4 is 5.91 Å². The van der Waals surface area contributed by atoms with E-state index in [9.17, 15) is 4.79 Å². The fourth-order valence-corrected chi connectivity index (χ4v) is 2.03. The Hall–Kier alpha value is -0.610. The van der Waals surface area contributed by atoms with Gasteiger partial charge in [-0.1, -0.05) is 13.8 Å². The zero-order valence-corrected chi connectivity index (χ0v) is 10.5. The van der Waals surface area contributed by atoms with Crippen molar-refractivity contribution in [1.29, 1.82) is 0 Å². The number of nitrogens with zero attached hydrogens (tertiary/aromatic N) is 1. The number of carbonyl (C=O) groups excluding carboxylic acids is 1. The minimum atomic E-state index is -0.0704. The van der Waals surface area contributed by atoms with E-state index in [2.05, 4.69) is 17.1 Å². The van der Waals surface area contributed by atoms with Gasteiger partial charge in [0, 0.05) is 25.6 Å². The van der Waals surface area contributed by atoms with Crippen LogP contribution in [0.1, 0.15) is 26.7 Å². The molecule has 0 radical (unpaired) electrons. The lowest BCUT2D eigenvalue weighted by Crippen LogP contribution is -2.38. The smallest absolute Gasteiger partial charge is 0.224 e. The van der Waals surface area contributed by atoms with E-state index in [1.807, 2.05) is 6.92 Å². The normalized spacial score (nSPS) is 20.7. The van der Waals surface area contributed by atoms with Crippen LogP contribution in [0, 0.1) is 11.8 Å². The standard InChI is InChI=1S/C12H25N3O/c1-10(9-15-5-3-4-6-15)8-14-12(16)11(2)7-13/h10-11H,3-9,13H2,1-2H3,(H,14,16). The molecule has 1 heterocycles. The summed E-state index contributed by atoms with van der Waals surface area (Å²) in [6, 6.07) is 0. The van der Waals surface area contributed by atoms with Gasteiger partial charge in [-0.2, -0.15) is 0 Å². The number of nitrogens with two attached hydrogens (primary N) is 1. The lowest BCUT2D eigenvalue weighted by atomic mass is 10.1. The minimum Gasteiger partial charge on any atom is -0.356 e. The van der Waals surface area contributed by atoms with Gasteiger partial charge in [0.1, 0.15) is 0 Å². The van der Waals surface area contributed by atoms with Gasteiger partial charge in [-0.25, -0.2) is 0 Å². The highest BCUT2D eigenvalue weighted by atomic mass is 16.1. The molecule has 3 N–H and O–H groups in total. The van der Waals surface area contributed by atoms with Crippen LogP contribution < -0.4 is 11.1 Å². The van der Waals surface area contributed by atoms with E-state index in [0.717, 1.165) is 13.1 Å². The Labute approximate surface area is 98.6 Å². The third kappa shape index (κ3) is 4.49. The summed E-state index contributed by atoms with van der Waals surface area (Å²) in [5.41, 5.74) is 5.44. The second-order valence-electron chi connectivity index (χ2n) is 4.99. The maximum atomic E-state index is 11.5. The summed E-state index contributed by atoms with van der Waals surface area (Å²) in [7, 11) is 0. The summed E-state index contributed by atoms with van der Waals surface area (Å²) in [4.78, 5) is 14.0. The van der Waals surface area contributed by atoms with Crippen molar-refractivity contribution in [1.82, 2.24) is 10.2 Å². The molecule has 16 heavy (non-hydrogen) atoms. The average molecular weight is 227 g/mol. The zero-order valence-electron chi connectivity index (χ0n) is 10.5. The van der Waals surface area contributed by atoms with Gasteiger partial charge in [0.25, 0.3) is 0 Å². The second-order valence-corrected chi connectivity index (χ2v) is 4.99. The maximum absolute atomic E-state index is 11.5. The van der Waals surface area contributed by atoms with Crippen LogP contribution in [0.15, 0.2) is 0 Å². The molecule has 1 aliphatic heterocycles. The molecule has 1 amide bonds. The van der Waals surface area contributed by atoms with Crippen molar-refractivity contribution in [3.63, 3.8) is 0 Å². The van der Waals surface area contributed by atoms with Gasteiger partial charge in [0.15, 0.2) is 0 Å². The van der Waals surface area contributed by atoms with E-state index in [0.29, 0.717) is 12.5 Å². The first kappa shape index (κ1) is 13.5. The number of hydrogen-bond acceptors (Lipinski definition) is 3. The number of carbonyl (C=O) groups is 1. The number of hydrogen-bond donors (Lipinski definition) is 2. The maximum Gasteiger partial charge on any atom is 0.224 e. The Morgan fingerprint density at radius 1 is 1.38 bits per heavy atom. The first-order valence-corrected chi connectivity index (χ1v) is 6.33. The fraction of sp³-hybridized carbons (Fsp3) is 0.917. The second kappa shape index (κ2) is 6.86. The monoisotopic (exact) mass is 227 g/mol. The summed E-state index contributed by atoms with van der Waals surface area (Å²) < 4.78 is 0. The SMILES string of the molecule is CC(CNC(=O)C(C)CN)CN1CCCC1. The van der Waals surface area contributed by atoms with E-state index in [4.69, 9.17) is 5.73 Å². The van der Waals surface area contributed by atoms with E-state index in [-0.39, 0.29) is 11.8 Å². The van der Waals surface area contributed by atoms with Crippen LogP contribution in [0.25, 0.3) is 0 Å². The largest absolute Gasteiger partial charge is 0.356 e. The quantitative estimate of drug-likeness (QED) is 0.692. The molecular weight excluding hydrogens is 202 g/mol. The molecule has 0 bridgehead atoms. The lowest BCUT2D eigenvalue weighted by Gasteiger charge is -2.21. The molecule has 2 atom stereocenters. The van der Waals surface area contributed by atoms with E-state index in [1.54, 1.807) is 0 Å². The van der Waals surface area contributed by atoms with Gasteiger partial charge in [-0.05, 0) is 31.8 Å². The Bertz CT molecular complexity index is 214. The highest BCUT2D eigenvalue weighted by Gasteiger charge is 2.16. The minimum absolute atomic E-state index is 0.0704. The Morgan fingerprint density at radius 2 is 2.00 bits per heavy atom. The van der Waals surface area contributed by atoms with Crippen molar-refractivity contribution in [2.45, 2.75) is 26.7 Å². The molecule has 1 fully saturated rings. The number of likely N-dealkylation sites (tertiary alicyclic amines) is 1. The highest BCUT2D eigenvalue weighted by molar-refractivity contribution is 5.78. The van der Waals surface area contributed by atoms with Gasteiger partial charge < -0.3 is 16.0 Å². The van der Waals surface area contributed by atoms with Crippen LogP contribution in [0.4, 0.5) is 0 Å². The number of rotatable bonds is 6. The van der Waals surface area contributed by atoms with E-state index < -0.39 is 0 Å². The Balaban J connectivity index is 2.13. The molecule has 1 rings (SSSR count). The predicted molar refractivity (Wildman–Crippen MR) is 66.1 cm³/mol. The molecule has 1 aliphatic rings. The Morgan fingerprint density at radius 3 is 2.56 bits per heavy atom. The number of nitrogens with one attached hydrogen (secondary N) is 1. The van der Waals surface area contributed by atoms with Crippen LogP contribution in [0.3, 0.4) is 0 Å². The van der Waals surface area contributed by atoms with Crippen LogP contribution in [0.2, 0.25) is 0 Å². The summed E-state index contributed by atoms with van der Waals surface area (Å²) in [5.74, 6) is 0.529. The van der Waals surface area contributed by atoms with Crippen molar-refractivity contribution in [3.05, 3.63) is 0 Å². The fourth-order valence-electron chi connectivity index (χ4n) is 2.03. The molecule has 0 aromatic carbocycles. The van der Waals surface area contributed by atoms with Gasteiger partial charge in [-0.15, -0.1) is 0 Å². The molecule has 0 aromatic rings. The highest BCUT2D eigenvalue weighted by Crippen LogP contribution is 2.09. The summed E-state index contributed by atoms with van der Waals surface area (Å²) in [5, 5.41) is 2.96. The lowest BCUT2D eigenvalue weighted by molar-refractivity contribution is -0.124. The van der Waals surface area contributed by atoms with Gasteiger partial charge >= 0.3 is 0 Å². The van der Waals surface area contributed by atoms with Crippen LogP contribution in [-0.4, -0.2) is 43.5 Å². The topological polar surface area (TPSA) is 58.4 Å². The summed E-state index contributed by atoms with van der Waals surface area (Å²) in [6.07, 6.45) is 2.65. The molecular formula is C12H25N3O. The van der Waals surface area contributed by atoms with Crippen molar-refractivity contribution in [3.8, 4) is 0 Å². The molecule has 1 saturated heterocycles. The van der Waals surface area contributed by atoms with E-state index >= 15 is 0 Å². The molecule has 4 nitrogen and oxygen atoms in total. The number of amides is 1. The third-order valence-electron chi connectivity index (χ3n) is 3.19. The average Bonchev–Trinajstić information content (AvgIpc) is 2.77. The molecule has 4 heteroatoms. The summed E-state index contributed by atoms with van der Waals surface area (Å²) in [6.45, 7) is 8.77. The van der Waals surface area contributed by atoms with Gasteiger partial charge in [-0.3, -0.25) is 4.79 Å². The van der Waals surface area contributed by atoms with Crippen molar-refractivity contribution in [2.24, 2.45) is 17.6 Å². The van der Waals surface area contributed by atoms with Gasteiger partial charge in [0.2, 0.25) is 5.91 Å². The molecule has 0 aromatic heterocycles. The molecule has 0 saturated carbocycles. The van der Waals surface area contributed by atoms with Crippen molar-refractivity contribution < 1.29 is 4.79 Å². The van der Waals surface area contributed by atoms with Crippen LogP contribution in [-0.2, 0) is 4.79 Å². The zero-order chi connectivity index (χ0) is 12.0. The molecule has 0 spiro atoms.